The molecule has 0 aromatic carbocycles. The van der Waals surface area contributed by atoms with Crippen LogP contribution in [-0.2, 0) is 0 Å². The minimum Gasteiger partial charge on any atom is -0.411 e. The molecule has 2 N–H and O–H groups in total. The first-order valence-electron chi connectivity index (χ1n) is 5.76. The summed E-state index contributed by atoms with van der Waals surface area (Å²) in [5, 5.41) is 24.9. The van der Waals surface area contributed by atoms with Crippen LogP contribution in [0.3, 0.4) is 0 Å². The van der Waals surface area contributed by atoms with E-state index in [0.29, 0.717) is 23.3 Å². The van der Waals surface area contributed by atoms with Gasteiger partial charge in [0.25, 0.3) is 0 Å². The van der Waals surface area contributed by atoms with Crippen LogP contribution in [0.2, 0.25) is 0 Å². The van der Waals surface area contributed by atoms with Crippen LogP contribution in [0.1, 0.15) is 32.1 Å². The van der Waals surface area contributed by atoms with Crippen LogP contribution in [0, 0.1) is 23.7 Å². The molecular formula is C11H16N2O2. The zero-order valence-corrected chi connectivity index (χ0v) is 8.63. The Labute approximate surface area is 88.7 Å². The molecule has 0 aromatic heterocycles. The topological polar surface area (TPSA) is 65.2 Å². The van der Waals surface area contributed by atoms with Gasteiger partial charge in [-0.3, -0.25) is 0 Å². The third kappa shape index (κ3) is 1.27. The van der Waals surface area contributed by atoms with Crippen LogP contribution in [0.4, 0.5) is 0 Å². The SMILES string of the molecule is ON=C1/C(=N/O)C2CC3CC(CC1C3)C2. The third-order valence-electron chi connectivity index (χ3n) is 4.39. The summed E-state index contributed by atoms with van der Waals surface area (Å²) in [7, 11) is 0. The zero-order valence-electron chi connectivity index (χ0n) is 8.63. The first kappa shape index (κ1) is 9.19. The summed E-state index contributed by atoms with van der Waals surface area (Å²) in [5.74, 6) is 2.17. The Morgan fingerprint density at radius 2 is 1.13 bits per heavy atom. The lowest BCUT2D eigenvalue weighted by molar-refractivity contribution is 0.152. The van der Waals surface area contributed by atoms with E-state index in [1.165, 1.54) is 6.42 Å². The summed E-state index contributed by atoms with van der Waals surface area (Å²) in [5.41, 5.74) is 1.32. The molecule has 0 radical (unpaired) electrons. The molecular weight excluding hydrogens is 192 g/mol. The largest absolute Gasteiger partial charge is 0.411 e. The van der Waals surface area contributed by atoms with Gasteiger partial charge in [-0.25, -0.2) is 0 Å². The maximum Gasteiger partial charge on any atom is 0.108 e. The van der Waals surface area contributed by atoms with E-state index < -0.39 is 0 Å². The van der Waals surface area contributed by atoms with Gasteiger partial charge in [-0.05, 0) is 43.9 Å². The Kier molecular flexibility index (Phi) is 1.97. The fourth-order valence-electron chi connectivity index (χ4n) is 3.98. The van der Waals surface area contributed by atoms with Gasteiger partial charge in [-0.2, -0.15) is 0 Å². The van der Waals surface area contributed by atoms with Gasteiger partial charge in [0.05, 0.1) is 0 Å². The van der Waals surface area contributed by atoms with Crippen molar-refractivity contribution in [1.29, 1.82) is 0 Å². The highest BCUT2D eigenvalue weighted by Crippen LogP contribution is 2.49. The summed E-state index contributed by atoms with van der Waals surface area (Å²) in [6.07, 6.45) is 5.79. The fraction of sp³-hybridized carbons (Fsp3) is 0.818. The maximum absolute atomic E-state index is 9.06. The van der Waals surface area contributed by atoms with E-state index in [9.17, 15) is 0 Å². The van der Waals surface area contributed by atoms with Crippen molar-refractivity contribution in [2.45, 2.75) is 32.1 Å². The Morgan fingerprint density at radius 1 is 0.733 bits per heavy atom. The molecule has 2 unspecified atom stereocenters. The monoisotopic (exact) mass is 208 g/mol. The lowest BCUT2D eigenvalue weighted by Crippen LogP contribution is -2.28. The maximum atomic E-state index is 9.06. The zero-order chi connectivity index (χ0) is 10.4. The lowest BCUT2D eigenvalue weighted by Gasteiger charge is -2.37. The van der Waals surface area contributed by atoms with E-state index in [4.69, 9.17) is 10.4 Å². The van der Waals surface area contributed by atoms with Crippen molar-refractivity contribution < 1.29 is 10.4 Å². The molecule has 4 rings (SSSR count). The first-order valence-corrected chi connectivity index (χ1v) is 5.76. The fourth-order valence-corrected chi connectivity index (χ4v) is 3.98. The summed E-state index contributed by atoms with van der Waals surface area (Å²) in [6.45, 7) is 0. The predicted molar refractivity (Wildman–Crippen MR) is 55.5 cm³/mol. The molecule has 4 aliphatic rings. The Bertz CT molecular complexity index is 293. The summed E-state index contributed by atoms with van der Waals surface area (Å²) in [6, 6.07) is 0. The normalized spacial score (nSPS) is 48.8. The highest BCUT2D eigenvalue weighted by atomic mass is 16.4. The van der Waals surface area contributed by atoms with E-state index in [0.717, 1.165) is 37.5 Å². The Hall–Kier alpha value is -1.06. The van der Waals surface area contributed by atoms with Crippen molar-refractivity contribution in [3.8, 4) is 0 Å². The third-order valence-corrected chi connectivity index (χ3v) is 4.39. The standard InChI is InChI=1S/C11H16N2O2/c14-12-10-8-2-6-1-7(4-8)5-9(3-6)11(10)13-15/h6-9,14-15H,1-5H2/b12-10+,13-11?. The van der Waals surface area contributed by atoms with Crippen LogP contribution in [0.5, 0.6) is 0 Å². The Balaban J connectivity index is 2.06. The number of rotatable bonds is 0. The number of oxime groups is 2. The summed E-state index contributed by atoms with van der Waals surface area (Å²) < 4.78 is 0. The van der Waals surface area contributed by atoms with Crippen molar-refractivity contribution in [2.24, 2.45) is 34.0 Å². The van der Waals surface area contributed by atoms with Gasteiger partial charge in [0.1, 0.15) is 11.4 Å². The number of fused-ring (bicyclic) bond motifs is 1. The molecule has 0 heterocycles. The molecule has 4 nitrogen and oxygen atoms in total. The summed E-state index contributed by atoms with van der Waals surface area (Å²) >= 11 is 0. The number of hydrogen-bond acceptors (Lipinski definition) is 4. The van der Waals surface area contributed by atoms with Crippen LogP contribution < -0.4 is 0 Å². The molecule has 0 aromatic rings. The summed E-state index contributed by atoms with van der Waals surface area (Å²) in [4.78, 5) is 0. The average Bonchev–Trinajstić information content (AvgIpc) is 2.39. The van der Waals surface area contributed by atoms with Gasteiger partial charge in [0, 0.05) is 11.8 Å². The molecule has 4 bridgehead atoms. The van der Waals surface area contributed by atoms with Crippen LogP contribution >= 0.6 is 0 Å². The molecule has 0 spiro atoms. The highest BCUT2D eigenvalue weighted by molar-refractivity contribution is 6.43. The van der Waals surface area contributed by atoms with E-state index in [2.05, 4.69) is 10.3 Å². The van der Waals surface area contributed by atoms with E-state index in [1.54, 1.807) is 0 Å². The lowest BCUT2D eigenvalue weighted by atomic mass is 9.68. The number of hydrogen-bond donors (Lipinski definition) is 2. The molecule has 4 aliphatic carbocycles. The smallest absolute Gasteiger partial charge is 0.108 e. The molecule has 82 valence electrons. The molecule has 2 atom stereocenters. The van der Waals surface area contributed by atoms with Crippen LogP contribution in [-0.4, -0.2) is 21.8 Å². The van der Waals surface area contributed by atoms with E-state index >= 15 is 0 Å². The average molecular weight is 208 g/mol. The molecule has 4 heteroatoms. The van der Waals surface area contributed by atoms with Gasteiger partial charge >= 0.3 is 0 Å². The second-order valence-corrected chi connectivity index (χ2v) is 5.27. The molecule has 0 amide bonds. The van der Waals surface area contributed by atoms with E-state index in [1.807, 2.05) is 0 Å². The highest BCUT2D eigenvalue weighted by Gasteiger charge is 2.46. The van der Waals surface area contributed by atoms with Gasteiger partial charge in [-0.1, -0.05) is 10.3 Å². The van der Waals surface area contributed by atoms with Crippen molar-refractivity contribution in [1.82, 2.24) is 0 Å². The van der Waals surface area contributed by atoms with Gasteiger partial charge < -0.3 is 10.4 Å². The van der Waals surface area contributed by atoms with E-state index in [-0.39, 0.29) is 0 Å². The van der Waals surface area contributed by atoms with Crippen molar-refractivity contribution >= 4 is 11.4 Å². The van der Waals surface area contributed by atoms with Crippen molar-refractivity contribution in [2.75, 3.05) is 0 Å². The van der Waals surface area contributed by atoms with Gasteiger partial charge in [-0.15, -0.1) is 0 Å². The molecule has 0 saturated heterocycles. The number of nitrogens with zero attached hydrogens (tertiary/aromatic N) is 2. The Morgan fingerprint density at radius 3 is 1.47 bits per heavy atom. The molecule has 0 aliphatic heterocycles. The minimum atomic E-state index is 0.331. The van der Waals surface area contributed by atoms with Crippen LogP contribution in [0.25, 0.3) is 0 Å². The molecule has 4 saturated carbocycles. The second kappa shape index (κ2) is 3.22. The van der Waals surface area contributed by atoms with Crippen molar-refractivity contribution in [3.05, 3.63) is 0 Å². The van der Waals surface area contributed by atoms with Crippen molar-refractivity contribution in [3.63, 3.8) is 0 Å². The van der Waals surface area contributed by atoms with Crippen LogP contribution in [0.15, 0.2) is 10.3 Å². The molecule has 4 fully saturated rings. The van der Waals surface area contributed by atoms with Gasteiger partial charge in [0.15, 0.2) is 0 Å². The minimum absolute atomic E-state index is 0.331. The molecule has 15 heavy (non-hydrogen) atoms. The predicted octanol–water partition coefficient (Wildman–Crippen LogP) is 2.10. The quantitative estimate of drug-likeness (QED) is 0.473. The van der Waals surface area contributed by atoms with Gasteiger partial charge in [0.2, 0.25) is 0 Å². The first-order chi connectivity index (χ1) is 7.31. The second-order valence-electron chi connectivity index (χ2n) is 5.27.